The number of halogens is 5. The van der Waals surface area contributed by atoms with Crippen LogP contribution in [0.15, 0.2) is 18.2 Å². The molecular formula is C13H17ClF4N2O. The lowest BCUT2D eigenvalue weighted by atomic mass is 10.0. The summed E-state index contributed by atoms with van der Waals surface area (Å²) in [4.78, 5) is 1.79. The van der Waals surface area contributed by atoms with Crippen LogP contribution in [0.2, 0.25) is 0 Å². The highest BCUT2D eigenvalue weighted by molar-refractivity contribution is 5.85. The Balaban J connectivity index is 0.00000220. The molecule has 1 saturated heterocycles. The van der Waals surface area contributed by atoms with Gasteiger partial charge in [0.15, 0.2) is 0 Å². The van der Waals surface area contributed by atoms with Gasteiger partial charge in [-0.1, -0.05) is 0 Å². The van der Waals surface area contributed by atoms with Crippen LogP contribution >= 0.6 is 12.4 Å². The van der Waals surface area contributed by atoms with E-state index in [2.05, 4.69) is 5.32 Å². The van der Waals surface area contributed by atoms with Crippen molar-refractivity contribution in [3.8, 4) is 0 Å². The summed E-state index contributed by atoms with van der Waals surface area (Å²) >= 11 is 0. The Bertz CT molecular complexity index is 464. The summed E-state index contributed by atoms with van der Waals surface area (Å²) in [5.74, 6) is -0.726. The Morgan fingerprint density at radius 2 is 1.86 bits per heavy atom. The number of aliphatic hydroxyl groups is 1. The zero-order valence-corrected chi connectivity index (χ0v) is 12.0. The maximum absolute atomic E-state index is 13.8. The average molecular weight is 329 g/mol. The Labute approximate surface area is 126 Å². The minimum Gasteiger partial charge on any atom is -0.394 e. The van der Waals surface area contributed by atoms with Crippen LogP contribution in [0.1, 0.15) is 17.2 Å². The summed E-state index contributed by atoms with van der Waals surface area (Å²) < 4.78 is 51.9. The summed E-state index contributed by atoms with van der Waals surface area (Å²) in [7, 11) is 0. The molecule has 21 heavy (non-hydrogen) atoms. The Hall–Kier alpha value is -0.890. The van der Waals surface area contributed by atoms with Gasteiger partial charge in [-0.2, -0.15) is 13.2 Å². The molecule has 0 amide bonds. The van der Waals surface area contributed by atoms with Crippen LogP contribution in [0.4, 0.5) is 17.6 Å². The zero-order chi connectivity index (χ0) is 14.8. The van der Waals surface area contributed by atoms with Gasteiger partial charge in [0.1, 0.15) is 5.82 Å². The lowest BCUT2D eigenvalue weighted by molar-refractivity contribution is -0.137. The first-order valence-corrected chi connectivity index (χ1v) is 6.35. The predicted molar refractivity (Wildman–Crippen MR) is 72.9 cm³/mol. The average Bonchev–Trinajstić information content (AvgIpc) is 2.41. The van der Waals surface area contributed by atoms with Gasteiger partial charge >= 0.3 is 6.18 Å². The molecule has 2 N–H and O–H groups in total. The van der Waals surface area contributed by atoms with E-state index in [1.165, 1.54) is 0 Å². The molecular weight excluding hydrogens is 312 g/mol. The quantitative estimate of drug-likeness (QED) is 0.835. The minimum atomic E-state index is -4.52. The number of aliphatic hydroxyl groups excluding tert-OH is 1. The van der Waals surface area contributed by atoms with E-state index in [-0.39, 0.29) is 18.0 Å². The molecule has 0 radical (unpaired) electrons. The summed E-state index contributed by atoms with van der Waals surface area (Å²) in [6.45, 7) is 2.02. The summed E-state index contributed by atoms with van der Waals surface area (Å²) in [5, 5.41) is 12.5. The number of rotatable bonds is 3. The number of nitrogens with zero attached hydrogens (tertiary/aromatic N) is 1. The third-order valence-corrected chi connectivity index (χ3v) is 3.45. The highest BCUT2D eigenvalue weighted by Gasteiger charge is 2.33. The Morgan fingerprint density at radius 1 is 1.24 bits per heavy atom. The summed E-state index contributed by atoms with van der Waals surface area (Å²) in [6, 6.07) is 1.56. The van der Waals surface area contributed by atoms with Gasteiger partial charge in [-0.15, -0.1) is 12.4 Å². The van der Waals surface area contributed by atoms with Crippen LogP contribution in [0, 0.1) is 5.82 Å². The first-order valence-electron chi connectivity index (χ1n) is 6.35. The molecule has 0 unspecified atom stereocenters. The monoisotopic (exact) mass is 328 g/mol. The highest BCUT2D eigenvalue weighted by Crippen LogP contribution is 2.33. The molecule has 1 fully saturated rings. The summed E-state index contributed by atoms with van der Waals surface area (Å²) in [5.41, 5.74) is -1.01. The number of alkyl halides is 3. The van der Waals surface area contributed by atoms with E-state index in [0.29, 0.717) is 32.2 Å². The van der Waals surface area contributed by atoms with Gasteiger partial charge in [0.25, 0.3) is 0 Å². The van der Waals surface area contributed by atoms with E-state index in [1.807, 2.05) is 0 Å². The van der Waals surface area contributed by atoms with Gasteiger partial charge < -0.3 is 10.4 Å². The molecule has 0 saturated carbocycles. The first kappa shape index (κ1) is 18.2. The number of benzene rings is 1. The van der Waals surface area contributed by atoms with Crippen LogP contribution in [0.3, 0.4) is 0 Å². The molecule has 3 nitrogen and oxygen atoms in total. The molecule has 0 aliphatic carbocycles. The van der Waals surface area contributed by atoms with Gasteiger partial charge in [0.2, 0.25) is 0 Å². The minimum absolute atomic E-state index is 0. The molecule has 0 spiro atoms. The molecule has 1 aromatic rings. The lowest BCUT2D eigenvalue weighted by Crippen LogP contribution is -2.46. The molecule has 0 aromatic heterocycles. The fourth-order valence-corrected chi connectivity index (χ4v) is 2.38. The van der Waals surface area contributed by atoms with Crippen molar-refractivity contribution in [3.05, 3.63) is 35.1 Å². The van der Waals surface area contributed by atoms with E-state index in [1.54, 1.807) is 4.90 Å². The molecule has 1 aliphatic rings. The first-order chi connectivity index (χ1) is 9.43. The molecule has 8 heteroatoms. The van der Waals surface area contributed by atoms with Gasteiger partial charge in [-0.25, -0.2) is 4.39 Å². The van der Waals surface area contributed by atoms with Crippen LogP contribution < -0.4 is 5.32 Å². The standard InChI is InChI=1S/C13H16F4N2O.ClH/c14-11-2-1-9(13(15,16)17)7-10(11)12(8-20)19-5-3-18-4-6-19;/h1-2,7,12,18,20H,3-6,8H2;1H/t12-;/m0./s1. The van der Waals surface area contributed by atoms with Gasteiger partial charge in [0.05, 0.1) is 18.2 Å². The van der Waals surface area contributed by atoms with E-state index < -0.39 is 30.2 Å². The highest BCUT2D eigenvalue weighted by atomic mass is 35.5. The third-order valence-electron chi connectivity index (χ3n) is 3.45. The van der Waals surface area contributed by atoms with Crippen molar-refractivity contribution in [2.45, 2.75) is 12.2 Å². The number of piperazine rings is 1. The third kappa shape index (κ3) is 4.29. The van der Waals surface area contributed by atoms with Crippen LogP contribution in [-0.4, -0.2) is 42.8 Å². The normalized spacial score (nSPS) is 18.1. The fraction of sp³-hybridized carbons (Fsp3) is 0.538. The second kappa shape index (κ2) is 7.40. The maximum Gasteiger partial charge on any atom is 0.416 e. The Morgan fingerprint density at radius 3 is 2.38 bits per heavy atom. The number of hydrogen-bond acceptors (Lipinski definition) is 3. The largest absolute Gasteiger partial charge is 0.416 e. The molecule has 1 aliphatic heterocycles. The maximum atomic E-state index is 13.8. The number of hydrogen-bond donors (Lipinski definition) is 2. The smallest absolute Gasteiger partial charge is 0.394 e. The summed E-state index contributed by atoms with van der Waals surface area (Å²) in [6.07, 6.45) is -4.52. The fourth-order valence-electron chi connectivity index (χ4n) is 2.38. The van der Waals surface area contributed by atoms with E-state index in [4.69, 9.17) is 0 Å². The van der Waals surface area contributed by atoms with Crippen LogP contribution in [0.5, 0.6) is 0 Å². The van der Waals surface area contributed by atoms with E-state index >= 15 is 0 Å². The van der Waals surface area contributed by atoms with Crippen molar-refractivity contribution >= 4 is 12.4 Å². The lowest BCUT2D eigenvalue weighted by Gasteiger charge is -2.34. The van der Waals surface area contributed by atoms with Gasteiger partial charge in [-0.05, 0) is 18.2 Å². The van der Waals surface area contributed by atoms with Crippen molar-refractivity contribution in [1.29, 1.82) is 0 Å². The van der Waals surface area contributed by atoms with Crippen molar-refractivity contribution in [2.24, 2.45) is 0 Å². The SMILES string of the molecule is Cl.OC[C@@H](c1cc(C(F)(F)F)ccc1F)N1CCNCC1. The van der Waals surface area contributed by atoms with Crippen molar-refractivity contribution < 1.29 is 22.7 Å². The molecule has 2 rings (SSSR count). The van der Waals surface area contributed by atoms with Crippen LogP contribution in [0.25, 0.3) is 0 Å². The number of nitrogens with one attached hydrogen (secondary N) is 1. The van der Waals surface area contributed by atoms with Gasteiger partial charge in [-0.3, -0.25) is 4.90 Å². The molecule has 1 atom stereocenters. The van der Waals surface area contributed by atoms with E-state index in [0.717, 1.165) is 12.1 Å². The second-order valence-electron chi connectivity index (χ2n) is 4.72. The Kier molecular flexibility index (Phi) is 6.40. The van der Waals surface area contributed by atoms with Crippen LogP contribution in [-0.2, 0) is 6.18 Å². The topological polar surface area (TPSA) is 35.5 Å². The van der Waals surface area contributed by atoms with Crippen molar-refractivity contribution in [1.82, 2.24) is 10.2 Å². The molecule has 1 aromatic carbocycles. The van der Waals surface area contributed by atoms with E-state index in [9.17, 15) is 22.7 Å². The van der Waals surface area contributed by atoms with Crippen molar-refractivity contribution in [2.75, 3.05) is 32.8 Å². The van der Waals surface area contributed by atoms with Gasteiger partial charge in [0, 0.05) is 31.7 Å². The molecule has 120 valence electrons. The molecule has 0 bridgehead atoms. The molecule has 1 heterocycles. The van der Waals surface area contributed by atoms with Crippen molar-refractivity contribution in [3.63, 3.8) is 0 Å². The zero-order valence-electron chi connectivity index (χ0n) is 11.2. The second-order valence-corrected chi connectivity index (χ2v) is 4.72. The predicted octanol–water partition coefficient (Wildman–Crippen LogP) is 2.20.